The maximum Gasteiger partial charge on any atom is 0.0753 e. The third kappa shape index (κ3) is 2.08. The Morgan fingerprint density at radius 1 is 1.35 bits per heavy atom. The molecule has 4 heteroatoms. The van der Waals surface area contributed by atoms with Gasteiger partial charge in [-0.3, -0.25) is 5.10 Å². The number of halogens is 1. The molecule has 0 spiro atoms. The Kier molecular flexibility index (Phi) is 2.87. The van der Waals surface area contributed by atoms with Gasteiger partial charge in [0.05, 0.1) is 18.9 Å². The number of benzene rings is 1. The zero-order valence-electron chi connectivity index (χ0n) is 9.37. The van der Waals surface area contributed by atoms with Crippen LogP contribution in [0.4, 0.5) is 0 Å². The van der Waals surface area contributed by atoms with E-state index in [2.05, 4.69) is 10.2 Å². The molecule has 0 bridgehead atoms. The SMILES string of the molecule is Clc1ccccc1Cc1n[nH]c2c1COCC2. The van der Waals surface area contributed by atoms with Crippen molar-refractivity contribution in [3.05, 3.63) is 51.8 Å². The maximum atomic E-state index is 6.16. The van der Waals surface area contributed by atoms with Crippen LogP contribution in [0.3, 0.4) is 0 Å². The lowest BCUT2D eigenvalue weighted by molar-refractivity contribution is 0.109. The van der Waals surface area contributed by atoms with Gasteiger partial charge in [0.25, 0.3) is 0 Å². The van der Waals surface area contributed by atoms with Crippen molar-refractivity contribution < 1.29 is 4.74 Å². The summed E-state index contributed by atoms with van der Waals surface area (Å²) in [6.45, 7) is 1.44. The van der Waals surface area contributed by atoms with E-state index in [9.17, 15) is 0 Å². The summed E-state index contributed by atoms with van der Waals surface area (Å²) in [5.74, 6) is 0. The highest BCUT2D eigenvalue weighted by atomic mass is 35.5. The van der Waals surface area contributed by atoms with Gasteiger partial charge in [-0.05, 0) is 11.6 Å². The van der Waals surface area contributed by atoms with E-state index < -0.39 is 0 Å². The molecular weight excluding hydrogens is 236 g/mol. The molecule has 1 aliphatic rings. The Morgan fingerprint density at radius 2 is 2.24 bits per heavy atom. The highest BCUT2D eigenvalue weighted by Crippen LogP contribution is 2.23. The third-order valence-corrected chi connectivity index (χ3v) is 3.47. The van der Waals surface area contributed by atoms with E-state index in [1.165, 1.54) is 11.3 Å². The highest BCUT2D eigenvalue weighted by Gasteiger charge is 2.17. The van der Waals surface area contributed by atoms with Gasteiger partial charge in [-0.1, -0.05) is 29.8 Å². The molecule has 88 valence electrons. The van der Waals surface area contributed by atoms with Crippen LogP contribution in [0, 0.1) is 0 Å². The first kappa shape index (κ1) is 10.8. The summed E-state index contributed by atoms with van der Waals surface area (Å²) in [6.07, 6.45) is 1.68. The number of fused-ring (bicyclic) bond motifs is 1. The molecule has 2 heterocycles. The van der Waals surface area contributed by atoms with Crippen molar-refractivity contribution in [3.63, 3.8) is 0 Å². The van der Waals surface area contributed by atoms with E-state index in [-0.39, 0.29) is 0 Å². The Morgan fingerprint density at radius 3 is 3.12 bits per heavy atom. The molecular formula is C13H13ClN2O. The summed E-state index contributed by atoms with van der Waals surface area (Å²) < 4.78 is 5.47. The molecule has 3 rings (SSSR count). The molecule has 0 saturated heterocycles. The number of aromatic nitrogens is 2. The molecule has 0 amide bonds. The van der Waals surface area contributed by atoms with Gasteiger partial charge in [-0.2, -0.15) is 5.10 Å². The lowest BCUT2D eigenvalue weighted by Gasteiger charge is -2.12. The van der Waals surface area contributed by atoms with Crippen LogP contribution in [0.25, 0.3) is 0 Å². The molecule has 2 aromatic rings. The van der Waals surface area contributed by atoms with Crippen LogP contribution in [-0.4, -0.2) is 16.8 Å². The fourth-order valence-electron chi connectivity index (χ4n) is 2.14. The van der Waals surface area contributed by atoms with E-state index in [1.54, 1.807) is 0 Å². The normalized spacial score (nSPS) is 14.6. The number of rotatable bonds is 2. The van der Waals surface area contributed by atoms with Crippen LogP contribution >= 0.6 is 11.6 Å². The zero-order chi connectivity index (χ0) is 11.7. The smallest absolute Gasteiger partial charge is 0.0753 e. The summed E-state index contributed by atoms with van der Waals surface area (Å²) in [7, 11) is 0. The molecule has 0 radical (unpaired) electrons. The number of aromatic amines is 1. The van der Waals surface area contributed by atoms with Gasteiger partial charge in [0, 0.05) is 29.1 Å². The van der Waals surface area contributed by atoms with Crippen LogP contribution in [0.1, 0.15) is 22.5 Å². The number of nitrogens with one attached hydrogen (secondary N) is 1. The number of hydrogen-bond acceptors (Lipinski definition) is 2. The van der Waals surface area contributed by atoms with Crippen LogP contribution in [-0.2, 0) is 24.2 Å². The first-order chi connectivity index (χ1) is 8.34. The van der Waals surface area contributed by atoms with Crippen LogP contribution < -0.4 is 0 Å². The molecule has 1 aliphatic heterocycles. The number of ether oxygens (including phenoxy) is 1. The summed E-state index contributed by atoms with van der Waals surface area (Å²) in [5.41, 5.74) is 4.57. The Labute approximate surface area is 105 Å². The van der Waals surface area contributed by atoms with Gasteiger partial charge in [-0.15, -0.1) is 0 Å². The molecule has 0 fully saturated rings. The standard InChI is InChI=1S/C13H13ClN2O/c14-11-4-2-1-3-9(11)7-13-10-8-17-6-5-12(10)15-16-13/h1-4H,5-8H2,(H,15,16). The first-order valence-electron chi connectivity index (χ1n) is 5.71. The van der Waals surface area contributed by atoms with Crippen molar-refractivity contribution in [2.24, 2.45) is 0 Å². The summed E-state index contributed by atoms with van der Waals surface area (Å²) in [4.78, 5) is 0. The molecule has 1 aromatic carbocycles. The minimum Gasteiger partial charge on any atom is -0.376 e. The van der Waals surface area contributed by atoms with Crippen molar-refractivity contribution in [1.29, 1.82) is 0 Å². The Hall–Kier alpha value is -1.32. The van der Waals surface area contributed by atoms with Crippen LogP contribution in [0.15, 0.2) is 24.3 Å². The molecule has 0 saturated carbocycles. The Balaban J connectivity index is 1.91. The average molecular weight is 249 g/mol. The minimum absolute atomic E-state index is 0.658. The van der Waals surface area contributed by atoms with E-state index in [4.69, 9.17) is 16.3 Å². The number of nitrogens with zero attached hydrogens (tertiary/aromatic N) is 1. The quantitative estimate of drug-likeness (QED) is 0.888. The molecule has 17 heavy (non-hydrogen) atoms. The summed E-state index contributed by atoms with van der Waals surface area (Å²) >= 11 is 6.16. The molecule has 0 atom stereocenters. The second-order valence-corrected chi connectivity index (χ2v) is 4.61. The van der Waals surface area contributed by atoms with Gasteiger partial charge in [-0.25, -0.2) is 0 Å². The second-order valence-electron chi connectivity index (χ2n) is 4.20. The van der Waals surface area contributed by atoms with Gasteiger partial charge in [0.1, 0.15) is 0 Å². The van der Waals surface area contributed by atoms with E-state index in [1.807, 2.05) is 24.3 Å². The zero-order valence-corrected chi connectivity index (χ0v) is 10.1. The predicted octanol–water partition coefficient (Wildman–Crippen LogP) is 2.73. The molecule has 0 aliphatic carbocycles. The first-order valence-corrected chi connectivity index (χ1v) is 6.08. The lowest BCUT2D eigenvalue weighted by atomic mass is 10.0. The molecule has 1 aromatic heterocycles. The number of hydrogen-bond donors (Lipinski definition) is 1. The third-order valence-electron chi connectivity index (χ3n) is 3.10. The topological polar surface area (TPSA) is 37.9 Å². The molecule has 3 nitrogen and oxygen atoms in total. The van der Waals surface area contributed by atoms with E-state index >= 15 is 0 Å². The average Bonchev–Trinajstić information content (AvgIpc) is 2.76. The van der Waals surface area contributed by atoms with Crippen molar-refractivity contribution in [2.45, 2.75) is 19.4 Å². The largest absolute Gasteiger partial charge is 0.376 e. The predicted molar refractivity (Wildman–Crippen MR) is 66.2 cm³/mol. The van der Waals surface area contributed by atoms with Crippen molar-refractivity contribution in [1.82, 2.24) is 10.2 Å². The van der Waals surface area contributed by atoms with Crippen molar-refractivity contribution >= 4 is 11.6 Å². The number of H-pyrrole nitrogens is 1. The second kappa shape index (κ2) is 4.51. The maximum absolute atomic E-state index is 6.16. The summed E-state index contributed by atoms with van der Waals surface area (Å²) in [5, 5.41) is 8.26. The fraction of sp³-hybridized carbons (Fsp3) is 0.308. The van der Waals surface area contributed by atoms with Crippen molar-refractivity contribution in [2.75, 3.05) is 6.61 Å². The van der Waals surface area contributed by atoms with Crippen molar-refractivity contribution in [3.8, 4) is 0 Å². The van der Waals surface area contributed by atoms with Gasteiger partial charge >= 0.3 is 0 Å². The highest BCUT2D eigenvalue weighted by molar-refractivity contribution is 6.31. The van der Waals surface area contributed by atoms with Crippen LogP contribution in [0.2, 0.25) is 5.02 Å². The molecule has 1 N–H and O–H groups in total. The molecule has 0 unspecified atom stereocenters. The van der Waals surface area contributed by atoms with Gasteiger partial charge in [0.2, 0.25) is 0 Å². The summed E-state index contributed by atoms with van der Waals surface area (Å²) in [6, 6.07) is 7.88. The van der Waals surface area contributed by atoms with Crippen LogP contribution in [0.5, 0.6) is 0 Å². The lowest BCUT2D eigenvalue weighted by Crippen LogP contribution is -2.09. The monoisotopic (exact) mass is 248 g/mol. The van der Waals surface area contributed by atoms with Gasteiger partial charge < -0.3 is 4.74 Å². The Bertz CT molecular complexity index is 536. The fourth-order valence-corrected chi connectivity index (χ4v) is 2.34. The van der Waals surface area contributed by atoms with E-state index in [0.717, 1.165) is 35.7 Å². The minimum atomic E-state index is 0.658. The van der Waals surface area contributed by atoms with E-state index in [0.29, 0.717) is 6.61 Å². The van der Waals surface area contributed by atoms with Gasteiger partial charge in [0.15, 0.2) is 0 Å².